The highest BCUT2D eigenvalue weighted by molar-refractivity contribution is 6.31. The van der Waals surface area contributed by atoms with Gasteiger partial charge in [-0.3, -0.25) is 4.79 Å². The van der Waals surface area contributed by atoms with Gasteiger partial charge in [-0.2, -0.15) is 0 Å². The molecular formula is C15H20ClNO3. The van der Waals surface area contributed by atoms with Gasteiger partial charge in [0, 0.05) is 25.2 Å². The molecule has 1 heterocycles. The summed E-state index contributed by atoms with van der Waals surface area (Å²) in [6.45, 7) is 2.19. The molecule has 1 saturated heterocycles. The van der Waals surface area contributed by atoms with Gasteiger partial charge in [0.05, 0.1) is 19.3 Å². The molecule has 0 radical (unpaired) electrons. The molecular weight excluding hydrogens is 278 g/mol. The van der Waals surface area contributed by atoms with Crippen LogP contribution in [0.4, 0.5) is 0 Å². The monoisotopic (exact) mass is 297 g/mol. The third kappa shape index (κ3) is 3.44. The van der Waals surface area contributed by atoms with Crippen LogP contribution in [-0.4, -0.2) is 44.7 Å². The average Bonchev–Trinajstić information content (AvgIpc) is 2.47. The normalized spacial score (nSPS) is 18.9. The van der Waals surface area contributed by atoms with E-state index in [-0.39, 0.29) is 5.91 Å². The van der Waals surface area contributed by atoms with Crippen molar-refractivity contribution in [1.82, 2.24) is 4.90 Å². The van der Waals surface area contributed by atoms with Gasteiger partial charge < -0.3 is 14.4 Å². The SMILES string of the molecule is COCC1CCCN(C(=O)c2cc(Cl)ccc2OC)C1. The lowest BCUT2D eigenvalue weighted by Gasteiger charge is -2.32. The highest BCUT2D eigenvalue weighted by Crippen LogP contribution is 2.26. The van der Waals surface area contributed by atoms with E-state index < -0.39 is 0 Å². The van der Waals surface area contributed by atoms with E-state index in [4.69, 9.17) is 21.1 Å². The average molecular weight is 298 g/mol. The van der Waals surface area contributed by atoms with Crippen LogP contribution in [0.25, 0.3) is 0 Å². The van der Waals surface area contributed by atoms with Crippen molar-refractivity contribution in [2.45, 2.75) is 12.8 Å². The lowest BCUT2D eigenvalue weighted by atomic mass is 9.98. The fourth-order valence-electron chi connectivity index (χ4n) is 2.64. The number of hydrogen-bond acceptors (Lipinski definition) is 3. The summed E-state index contributed by atoms with van der Waals surface area (Å²) in [6, 6.07) is 5.12. The first-order chi connectivity index (χ1) is 9.65. The van der Waals surface area contributed by atoms with Crippen LogP contribution in [0.2, 0.25) is 5.02 Å². The van der Waals surface area contributed by atoms with Gasteiger partial charge in [0.25, 0.3) is 5.91 Å². The largest absolute Gasteiger partial charge is 0.496 e. The summed E-state index contributed by atoms with van der Waals surface area (Å²) in [5.74, 6) is 0.946. The van der Waals surface area contributed by atoms with Gasteiger partial charge in [0.2, 0.25) is 0 Å². The van der Waals surface area contributed by atoms with E-state index in [1.165, 1.54) is 0 Å². The quantitative estimate of drug-likeness (QED) is 0.858. The second-order valence-corrected chi connectivity index (χ2v) is 5.50. The number of benzene rings is 1. The molecule has 1 atom stereocenters. The Morgan fingerprint density at radius 2 is 2.25 bits per heavy atom. The minimum Gasteiger partial charge on any atom is -0.496 e. The van der Waals surface area contributed by atoms with Crippen LogP contribution in [0.5, 0.6) is 5.75 Å². The second kappa shape index (κ2) is 6.95. The van der Waals surface area contributed by atoms with Crippen molar-refractivity contribution < 1.29 is 14.3 Å². The van der Waals surface area contributed by atoms with Gasteiger partial charge in [-0.05, 0) is 37.0 Å². The maximum atomic E-state index is 12.6. The number of halogens is 1. The van der Waals surface area contributed by atoms with Crippen LogP contribution in [0.15, 0.2) is 18.2 Å². The summed E-state index contributed by atoms with van der Waals surface area (Å²) in [4.78, 5) is 14.5. The van der Waals surface area contributed by atoms with Gasteiger partial charge in [-0.1, -0.05) is 11.6 Å². The Labute approximate surface area is 124 Å². The molecule has 20 heavy (non-hydrogen) atoms. The lowest BCUT2D eigenvalue weighted by molar-refractivity contribution is 0.0568. The molecule has 0 spiro atoms. The zero-order valence-corrected chi connectivity index (χ0v) is 12.7. The van der Waals surface area contributed by atoms with E-state index >= 15 is 0 Å². The van der Waals surface area contributed by atoms with Crippen molar-refractivity contribution in [3.8, 4) is 5.75 Å². The summed E-state index contributed by atoms with van der Waals surface area (Å²) < 4.78 is 10.5. The van der Waals surface area contributed by atoms with Gasteiger partial charge in [-0.15, -0.1) is 0 Å². The molecule has 0 aromatic heterocycles. The van der Waals surface area contributed by atoms with E-state index in [0.29, 0.717) is 28.9 Å². The number of hydrogen-bond donors (Lipinski definition) is 0. The zero-order valence-electron chi connectivity index (χ0n) is 11.9. The summed E-state index contributed by atoms with van der Waals surface area (Å²) in [5.41, 5.74) is 0.526. The molecule has 4 nitrogen and oxygen atoms in total. The molecule has 5 heteroatoms. The maximum Gasteiger partial charge on any atom is 0.257 e. The molecule has 0 saturated carbocycles. The Morgan fingerprint density at radius 1 is 1.45 bits per heavy atom. The highest BCUT2D eigenvalue weighted by atomic mass is 35.5. The minimum atomic E-state index is -0.0230. The van der Waals surface area contributed by atoms with Crippen LogP contribution >= 0.6 is 11.6 Å². The van der Waals surface area contributed by atoms with Crippen LogP contribution in [0.1, 0.15) is 23.2 Å². The lowest BCUT2D eigenvalue weighted by Crippen LogP contribution is -2.41. The second-order valence-electron chi connectivity index (χ2n) is 5.06. The van der Waals surface area contributed by atoms with E-state index in [1.807, 2.05) is 4.90 Å². The van der Waals surface area contributed by atoms with Crippen LogP contribution in [0, 0.1) is 5.92 Å². The van der Waals surface area contributed by atoms with Crippen molar-refractivity contribution in [3.63, 3.8) is 0 Å². The molecule has 1 aliphatic rings. The Morgan fingerprint density at radius 3 is 2.95 bits per heavy atom. The fourth-order valence-corrected chi connectivity index (χ4v) is 2.81. The van der Waals surface area contributed by atoms with E-state index in [9.17, 15) is 4.79 Å². The number of carbonyl (C=O) groups is 1. The highest BCUT2D eigenvalue weighted by Gasteiger charge is 2.26. The number of nitrogens with zero attached hydrogens (tertiary/aromatic N) is 1. The minimum absolute atomic E-state index is 0.0230. The Bertz CT molecular complexity index is 476. The molecule has 1 aromatic carbocycles. The van der Waals surface area contributed by atoms with E-state index in [1.54, 1.807) is 32.4 Å². The topological polar surface area (TPSA) is 38.8 Å². The molecule has 2 rings (SSSR count). The van der Waals surface area contributed by atoms with Crippen molar-refractivity contribution in [1.29, 1.82) is 0 Å². The molecule has 0 aliphatic carbocycles. The van der Waals surface area contributed by atoms with Crippen LogP contribution < -0.4 is 4.74 Å². The zero-order chi connectivity index (χ0) is 14.5. The molecule has 1 unspecified atom stereocenters. The number of ether oxygens (including phenoxy) is 2. The standard InChI is InChI=1S/C15H20ClNO3/c1-19-10-11-4-3-7-17(9-11)15(18)13-8-12(16)5-6-14(13)20-2/h5-6,8,11H,3-4,7,9-10H2,1-2H3. The van der Waals surface area contributed by atoms with Crippen molar-refractivity contribution in [2.24, 2.45) is 5.92 Å². The summed E-state index contributed by atoms with van der Waals surface area (Å²) in [7, 11) is 3.25. The first-order valence-corrected chi connectivity index (χ1v) is 7.15. The first-order valence-electron chi connectivity index (χ1n) is 6.77. The molecule has 110 valence electrons. The molecule has 1 aromatic rings. The number of piperidine rings is 1. The predicted molar refractivity (Wildman–Crippen MR) is 78.5 cm³/mol. The molecule has 0 bridgehead atoms. The van der Waals surface area contributed by atoms with Gasteiger partial charge in [0.1, 0.15) is 5.75 Å². The predicted octanol–water partition coefficient (Wildman–Crippen LogP) is 2.85. The first kappa shape index (κ1) is 15.1. The summed E-state index contributed by atoms with van der Waals surface area (Å²) in [6.07, 6.45) is 2.10. The van der Waals surface area contributed by atoms with Gasteiger partial charge in [-0.25, -0.2) is 0 Å². The van der Waals surface area contributed by atoms with E-state index in [0.717, 1.165) is 25.9 Å². The van der Waals surface area contributed by atoms with Crippen molar-refractivity contribution in [3.05, 3.63) is 28.8 Å². The molecule has 1 aliphatic heterocycles. The number of carbonyl (C=O) groups excluding carboxylic acids is 1. The van der Waals surface area contributed by atoms with Gasteiger partial charge in [0.15, 0.2) is 0 Å². The van der Waals surface area contributed by atoms with Gasteiger partial charge >= 0.3 is 0 Å². The smallest absolute Gasteiger partial charge is 0.257 e. The number of rotatable bonds is 4. The third-order valence-corrected chi connectivity index (χ3v) is 3.84. The maximum absolute atomic E-state index is 12.6. The summed E-state index contributed by atoms with van der Waals surface area (Å²) in [5, 5.41) is 0.541. The van der Waals surface area contributed by atoms with Crippen molar-refractivity contribution >= 4 is 17.5 Å². The van der Waals surface area contributed by atoms with Crippen LogP contribution in [-0.2, 0) is 4.74 Å². The molecule has 0 N–H and O–H groups in total. The Balaban J connectivity index is 2.16. The Kier molecular flexibility index (Phi) is 5.26. The Hall–Kier alpha value is -1.26. The number of amides is 1. The molecule has 1 amide bonds. The van der Waals surface area contributed by atoms with E-state index in [2.05, 4.69) is 0 Å². The number of methoxy groups -OCH3 is 2. The number of likely N-dealkylation sites (tertiary alicyclic amines) is 1. The summed E-state index contributed by atoms with van der Waals surface area (Å²) >= 11 is 5.99. The van der Waals surface area contributed by atoms with Crippen LogP contribution in [0.3, 0.4) is 0 Å². The molecule has 1 fully saturated rings. The fraction of sp³-hybridized carbons (Fsp3) is 0.533. The van der Waals surface area contributed by atoms with Crippen molar-refractivity contribution in [2.75, 3.05) is 33.9 Å². The third-order valence-electron chi connectivity index (χ3n) is 3.60.